The quantitative estimate of drug-likeness (QED) is 0.413. The van der Waals surface area contributed by atoms with E-state index in [1.165, 1.54) is 31.3 Å². The zero-order valence-corrected chi connectivity index (χ0v) is 23.2. The fourth-order valence-corrected chi connectivity index (χ4v) is 9.13. The van der Waals surface area contributed by atoms with Crippen LogP contribution in [0.4, 0.5) is 0 Å². The highest BCUT2D eigenvalue weighted by molar-refractivity contribution is 5.25. The van der Waals surface area contributed by atoms with E-state index in [-0.39, 0.29) is 41.5 Å². The average molecular weight is 518 g/mol. The average Bonchev–Trinajstić information content (AvgIpc) is 3.21. The van der Waals surface area contributed by atoms with Gasteiger partial charge in [-0.25, -0.2) is 0 Å². The number of aliphatic hydroxyl groups excluding tert-OH is 3. The van der Waals surface area contributed by atoms with Crippen molar-refractivity contribution in [2.45, 2.75) is 103 Å². The number of rotatable bonds is 7. The van der Waals surface area contributed by atoms with Crippen LogP contribution in [0.1, 0.15) is 90.2 Å². The van der Waals surface area contributed by atoms with Crippen molar-refractivity contribution in [3.05, 3.63) is 47.5 Å². The Kier molecular flexibility index (Phi) is 8.64. The van der Waals surface area contributed by atoms with E-state index >= 15 is 0 Å². The van der Waals surface area contributed by atoms with Crippen LogP contribution >= 0.6 is 0 Å². The van der Waals surface area contributed by atoms with Crippen LogP contribution in [0.25, 0.3) is 0 Å². The van der Waals surface area contributed by atoms with Gasteiger partial charge in [0.05, 0.1) is 18.8 Å². The third-order valence-electron chi connectivity index (χ3n) is 11.3. The fraction of sp³-hybridized carbons (Fsp3) is 0.742. The molecule has 10 unspecified atom stereocenters. The van der Waals surface area contributed by atoms with E-state index in [1.54, 1.807) is 0 Å². The molecule has 0 amide bonds. The summed E-state index contributed by atoms with van der Waals surface area (Å²) in [6.45, 7) is 7.91. The van der Waals surface area contributed by atoms with Gasteiger partial charge in [0.2, 0.25) is 0 Å². The van der Waals surface area contributed by atoms with Gasteiger partial charge in [-0.1, -0.05) is 55.8 Å². The third kappa shape index (κ3) is 4.94. The lowest BCUT2D eigenvalue weighted by Crippen LogP contribution is -3.00. The minimum Gasteiger partial charge on any atom is -1.00 e. The Labute approximate surface area is 224 Å². The molecule has 1 aromatic carbocycles. The molecule has 0 aliphatic heterocycles. The fourth-order valence-electron chi connectivity index (χ4n) is 9.13. The zero-order chi connectivity index (χ0) is 24.8. The molecule has 36 heavy (non-hydrogen) atoms. The Balaban J connectivity index is 0.00000304. The second-order valence-corrected chi connectivity index (χ2v) is 13.0. The zero-order valence-electron chi connectivity index (χ0n) is 22.5. The molecule has 5 heteroatoms. The molecule has 4 aliphatic rings. The van der Waals surface area contributed by atoms with Gasteiger partial charge in [-0.05, 0) is 98.4 Å². The number of hydrogen-bond acceptors (Lipinski definition) is 3. The Morgan fingerprint density at radius 3 is 2.50 bits per heavy atom. The van der Waals surface area contributed by atoms with Crippen molar-refractivity contribution < 1.29 is 33.0 Å². The first-order valence-corrected chi connectivity index (χ1v) is 14.4. The summed E-state index contributed by atoms with van der Waals surface area (Å²) in [7, 11) is 0. The van der Waals surface area contributed by atoms with Gasteiger partial charge in [0, 0.05) is 6.42 Å². The highest BCUT2D eigenvalue weighted by atomic mass is 35.5. The highest BCUT2D eigenvalue weighted by Gasteiger charge is 2.59. The van der Waals surface area contributed by atoms with Gasteiger partial charge in [0.25, 0.3) is 0 Å². The van der Waals surface area contributed by atoms with Crippen LogP contribution in [0.3, 0.4) is 0 Å². The molecule has 0 heterocycles. The van der Waals surface area contributed by atoms with E-state index in [2.05, 4.69) is 32.2 Å². The van der Waals surface area contributed by atoms with E-state index < -0.39 is 6.10 Å². The van der Waals surface area contributed by atoms with Gasteiger partial charge in [-0.3, -0.25) is 0 Å². The van der Waals surface area contributed by atoms with Crippen molar-refractivity contribution in [3.63, 3.8) is 0 Å². The predicted octanol–water partition coefficient (Wildman–Crippen LogP) is 1.37. The molecule has 202 valence electrons. The number of hydrogen-bond donors (Lipinski definition) is 4. The summed E-state index contributed by atoms with van der Waals surface area (Å²) >= 11 is 0. The summed E-state index contributed by atoms with van der Waals surface area (Å²) in [6, 6.07) is 9.97. The van der Waals surface area contributed by atoms with Crippen LogP contribution in [0.15, 0.2) is 42.0 Å². The number of nitrogens with two attached hydrogens (primary N) is 1. The van der Waals surface area contributed by atoms with Crippen LogP contribution in [0, 0.1) is 34.5 Å². The molecule has 0 saturated heterocycles. The van der Waals surface area contributed by atoms with Crippen LogP contribution in [0.5, 0.6) is 0 Å². The largest absolute Gasteiger partial charge is 1.00 e. The highest BCUT2D eigenvalue weighted by Crippen LogP contribution is 2.66. The lowest BCUT2D eigenvalue weighted by molar-refractivity contribution is -0.695. The molecule has 10 atom stereocenters. The van der Waals surface area contributed by atoms with Gasteiger partial charge in [-0.15, -0.1) is 0 Å². The maximum absolute atomic E-state index is 11.4. The van der Waals surface area contributed by atoms with E-state index in [0.717, 1.165) is 56.0 Å². The molecule has 0 spiro atoms. The molecule has 3 saturated carbocycles. The Morgan fingerprint density at radius 2 is 1.75 bits per heavy atom. The Bertz CT molecular complexity index is 908. The molecule has 5 N–H and O–H groups in total. The second-order valence-electron chi connectivity index (χ2n) is 13.0. The number of aliphatic hydroxyl groups is 3. The number of halogens is 1. The van der Waals surface area contributed by atoms with Crippen LogP contribution < -0.4 is 17.7 Å². The normalized spacial score (nSPS) is 40.1. The predicted molar refractivity (Wildman–Crippen MR) is 139 cm³/mol. The lowest BCUT2D eigenvalue weighted by Gasteiger charge is -2.58. The van der Waals surface area contributed by atoms with E-state index in [1.807, 2.05) is 30.3 Å². The van der Waals surface area contributed by atoms with Gasteiger partial charge >= 0.3 is 0 Å². The lowest BCUT2D eigenvalue weighted by atomic mass is 9.47. The van der Waals surface area contributed by atoms with Crippen molar-refractivity contribution in [1.82, 2.24) is 0 Å². The van der Waals surface area contributed by atoms with Crippen molar-refractivity contribution in [3.8, 4) is 0 Å². The van der Waals surface area contributed by atoms with Crippen molar-refractivity contribution >= 4 is 0 Å². The Hall–Kier alpha value is -0.910. The summed E-state index contributed by atoms with van der Waals surface area (Å²) < 4.78 is 0. The van der Waals surface area contributed by atoms with E-state index in [4.69, 9.17) is 0 Å². The SMILES string of the molecule is CC([NH2+]CCC(O)C1CCC2C3CC=C4CC(O)CCC4(C)C3CCC12C)C(O)c1ccccc1.[Cl-]. The Morgan fingerprint density at radius 1 is 1.00 bits per heavy atom. The van der Waals surface area contributed by atoms with Crippen molar-refractivity contribution in [2.75, 3.05) is 6.54 Å². The van der Waals surface area contributed by atoms with Crippen molar-refractivity contribution in [1.29, 1.82) is 0 Å². The second kappa shape index (κ2) is 11.1. The first-order valence-electron chi connectivity index (χ1n) is 14.4. The van der Waals surface area contributed by atoms with Gasteiger partial charge in [-0.2, -0.15) is 0 Å². The van der Waals surface area contributed by atoms with Crippen LogP contribution in [-0.2, 0) is 0 Å². The molecule has 0 bridgehead atoms. The summed E-state index contributed by atoms with van der Waals surface area (Å²) in [5.41, 5.74) is 3.03. The van der Waals surface area contributed by atoms with Crippen molar-refractivity contribution in [2.24, 2.45) is 34.5 Å². The van der Waals surface area contributed by atoms with E-state index in [9.17, 15) is 15.3 Å². The molecule has 0 aromatic heterocycles. The first-order chi connectivity index (χ1) is 16.7. The maximum Gasteiger partial charge on any atom is 0.130 e. The molecule has 5 rings (SSSR count). The molecule has 4 nitrogen and oxygen atoms in total. The molecule has 1 aromatic rings. The van der Waals surface area contributed by atoms with Gasteiger partial charge in [0.1, 0.15) is 12.1 Å². The number of quaternary nitrogens is 1. The molecule has 3 fully saturated rings. The molecular weight excluding hydrogens is 470 g/mol. The number of fused-ring (bicyclic) bond motifs is 5. The third-order valence-corrected chi connectivity index (χ3v) is 11.3. The standard InChI is InChI=1S/C31H47NO3.ClH/c1-20(29(35)21-7-5-4-6-8-21)32-18-15-28(34)27-12-11-25-24-10-9-22-19-23(33)13-16-30(22,2)26(24)14-17-31(25,27)3;/h4-9,20,23-29,32-35H,10-19H2,1-3H3;1H. The molecule has 0 radical (unpaired) electrons. The van der Waals surface area contributed by atoms with Gasteiger partial charge < -0.3 is 33.0 Å². The summed E-state index contributed by atoms with van der Waals surface area (Å²) in [6.07, 6.45) is 11.5. The summed E-state index contributed by atoms with van der Waals surface area (Å²) in [4.78, 5) is 0. The van der Waals surface area contributed by atoms with Crippen LogP contribution in [0.2, 0.25) is 0 Å². The van der Waals surface area contributed by atoms with E-state index in [0.29, 0.717) is 11.8 Å². The molecule has 4 aliphatic carbocycles. The minimum atomic E-state index is -0.483. The van der Waals surface area contributed by atoms with Gasteiger partial charge in [0.15, 0.2) is 0 Å². The monoisotopic (exact) mass is 517 g/mol. The summed E-state index contributed by atoms with van der Waals surface area (Å²) in [5, 5.41) is 34.5. The first kappa shape index (κ1) is 28.1. The van der Waals surface area contributed by atoms with Crippen LogP contribution in [-0.4, -0.2) is 40.1 Å². The smallest absolute Gasteiger partial charge is 0.130 e. The molecular formula is C31H48ClNO3. The minimum absolute atomic E-state index is 0. The number of allylic oxidation sites excluding steroid dienone is 1. The maximum atomic E-state index is 11.4. The number of benzene rings is 1. The topological polar surface area (TPSA) is 77.3 Å². The summed E-state index contributed by atoms with van der Waals surface area (Å²) in [5.74, 6) is 2.59.